The van der Waals surface area contributed by atoms with Gasteiger partial charge in [0.1, 0.15) is 22.6 Å². The van der Waals surface area contributed by atoms with Crippen molar-refractivity contribution in [3.8, 4) is 5.75 Å². The number of para-hydroxylation sites is 2. The van der Waals surface area contributed by atoms with Crippen molar-refractivity contribution in [2.24, 2.45) is 0 Å². The molecule has 1 N–H and O–H groups in total. The molecule has 0 saturated carbocycles. The summed E-state index contributed by atoms with van der Waals surface area (Å²) in [6.45, 7) is 2.87. The first-order valence-electron chi connectivity index (χ1n) is 9.26. The summed E-state index contributed by atoms with van der Waals surface area (Å²) in [5.74, 6) is 0.500. The van der Waals surface area contributed by atoms with Gasteiger partial charge in [-0.2, -0.15) is 4.98 Å². The predicted molar refractivity (Wildman–Crippen MR) is 112 cm³/mol. The molecule has 2 amide bonds. The van der Waals surface area contributed by atoms with E-state index < -0.39 is 4.75 Å². The Morgan fingerprint density at radius 3 is 2.62 bits per heavy atom. The molecule has 3 aromatic rings. The Morgan fingerprint density at radius 1 is 1.17 bits per heavy atom. The average Bonchev–Trinajstić information content (AvgIpc) is 3.23. The second kappa shape index (κ2) is 7.79. The summed E-state index contributed by atoms with van der Waals surface area (Å²) in [6.07, 6.45) is 0.482. The molecule has 1 aliphatic rings. The van der Waals surface area contributed by atoms with Crippen molar-refractivity contribution in [1.29, 1.82) is 0 Å². The summed E-state index contributed by atoms with van der Waals surface area (Å²) in [4.78, 5) is 29.8. The van der Waals surface area contributed by atoms with Crippen LogP contribution in [0.5, 0.6) is 5.75 Å². The first-order chi connectivity index (χ1) is 13.9. The van der Waals surface area contributed by atoms with Gasteiger partial charge in [-0.1, -0.05) is 24.3 Å². The second-order valence-corrected chi connectivity index (χ2v) is 8.61. The van der Waals surface area contributed by atoms with Gasteiger partial charge in [0, 0.05) is 7.05 Å². The number of rotatable bonds is 7. The number of aromatic nitrogens is 1. The molecule has 0 bridgehead atoms. The highest BCUT2D eigenvalue weighted by Crippen LogP contribution is 2.34. The Balaban J connectivity index is 1.30. The molecule has 7 nitrogen and oxygen atoms in total. The van der Waals surface area contributed by atoms with Gasteiger partial charge in [-0.3, -0.25) is 14.9 Å². The highest BCUT2D eigenvalue weighted by atomic mass is 32.2. The highest BCUT2D eigenvalue weighted by molar-refractivity contribution is 8.16. The van der Waals surface area contributed by atoms with Crippen molar-refractivity contribution in [2.45, 2.75) is 18.1 Å². The molecule has 8 heteroatoms. The number of nitrogens with zero attached hydrogens (tertiary/aromatic N) is 2. The SMILES string of the molecule is CN(CCOc1ccc(CC2(C)SC(=O)NC2=O)cc1)c1nc2ccccc2o1. The average molecular weight is 411 g/mol. The smallest absolute Gasteiger partial charge is 0.298 e. The molecule has 1 atom stereocenters. The minimum Gasteiger partial charge on any atom is -0.492 e. The Kier molecular flexibility index (Phi) is 5.19. The van der Waals surface area contributed by atoms with Crippen LogP contribution in [-0.2, 0) is 11.2 Å². The number of hydrogen-bond acceptors (Lipinski definition) is 7. The molecule has 1 fully saturated rings. The number of thioether (sulfide) groups is 1. The van der Waals surface area contributed by atoms with E-state index >= 15 is 0 Å². The van der Waals surface area contributed by atoms with E-state index in [0.29, 0.717) is 25.6 Å². The molecule has 1 saturated heterocycles. The van der Waals surface area contributed by atoms with Gasteiger partial charge in [-0.15, -0.1) is 0 Å². The molecule has 0 radical (unpaired) electrons. The molecule has 29 heavy (non-hydrogen) atoms. The summed E-state index contributed by atoms with van der Waals surface area (Å²) >= 11 is 1.04. The molecule has 0 aliphatic carbocycles. The minimum atomic E-state index is -0.762. The van der Waals surface area contributed by atoms with Gasteiger partial charge in [0.15, 0.2) is 5.58 Å². The lowest BCUT2D eigenvalue weighted by Gasteiger charge is -2.18. The van der Waals surface area contributed by atoms with E-state index in [-0.39, 0.29) is 11.1 Å². The van der Waals surface area contributed by atoms with Gasteiger partial charge in [0.25, 0.3) is 11.3 Å². The van der Waals surface area contributed by atoms with Crippen LogP contribution in [0.1, 0.15) is 12.5 Å². The van der Waals surface area contributed by atoms with E-state index in [0.717, 1.165) is 34.2 Å². The van der Waals surface area contributed by atoms with Gasteiger partial charge in [-0.25, -0.2) is 0 Å². The normalized spacial score (nSPS) is 18.8. The molecule has 0 spiro atoms. The third kappa shape index (κ3) is 4.22. The van der Waals surface area contributed by atoms with Crippen LogP contribution >= 0.6 is 11.8 Å². The van der Waals surface area contributed by atoms with Crippen LogP contribution in [0, 0.1) is 0 Å². The number of nitrogens with one attached hydrogen (secondary N) is 1. The minimum absolute atomic E-state index is 0.241. The Hall–Kier alpha value is -3.00. The molecular weight excluding hydrogens is 390 g/mol. The standard InChI is InChI=1S/C21H21N3O4S/c1-21(18(25)23-20(26)29-21)13-14-7-9-15(10-8-14)27-12-11-24(2)19-22-16-5-3-4-6-17(16)28-19/h3-10H,11-13H2,1-2H3,(H,23,25,26). The number of benzene rings is 2. The van der Waals surface area contributed by atoms with Crippen molar-refractivity contribution >= 4 is 40.0 Å². The number of imide groups is 1. The molecule has 2 heterocycles. The van der Waals surface area contributed by atoms with Crippen LogP contribution in [0.25, 0.3) is 11.1 Å². The number of oxazole rings is 1. The van der Waals surface area contributed by atoms with Gasteiger partial charge in [0.05, 0.1) is 6.54 Å². The van der Waals surface area contributed by atoms with Crippen molar-refractivity contribution in [1.82, 2.24) is 10.3 Å². The molecule has 2 aromatic carbocycles. The van der Waals surface area contributed by atoms with Crippen LogP contribution in [0.3, 0.4) is 0 Å². The van der Waals surface area contributed by atoms with E-state index in [9.17, 15) is 9.59 Å². The topological polar surface area (TPSA) is 84.7 Å². The number of amides is 2. The maximum Gasteiger partial charge on any atom is 0.298 e. The fourth-order valence-corrected chi connectivity index (χ4v) is 4.07. The number of anilines is 1. The van der Waals surface area contributed by atoms with Gasteiger partial charge >= 0.3 is 0 Å². The molecular formula is C21H21N3O4S. The van der Waals surface area contributed by atoms with E-state index in [2.05, 4.69) is 10.3 Å². The van der Waals surface area contributed by atoms with Crippen LogP contribution in [0.15, 0.2) is 52.9 Å². The fourth-order valence-electron chi connectivity index (χ4n) is 3.13. The Labute approximate surface area is 172 Å². The van der Waals surface area contributed by atoms with Crippen LogP contribution in [0.2, 0.25) is 0 Å². The molecule has 150 valence electrons. The Morgan fingerprint density at radius 2 is 1.93 bits per heavy atom. The predicted octanol–water partition coefficient (Wildman–Crippen LogP) is 3.63. The number of carbonyl (C=O) groups is 2. The number of likely N-dealkylation sites (N-methyl/N-ethyl adjacent to an activating group) is 1. The second-order valence-electron chi connectivity index (χ2n) is 7.13. The number of ether oxygens (including phenoxy) is 1. The summed E-state index contributed by atoms with van der Waals surface area (Å²) in [6, 6.07) is 15.8. The summed E-state index contributed by atoms with van der Waals surface area (Å²) in [5, 5.41) is 2.05. The number of fused-ring (bicyclic) bond motifs is 1. The lowest BCUT2D eigenvalue weighted by molar-refractivity contribution is -0.121. The van der Waals surface area contributed by atoms with E-state index in [4.69, 9.17) is 9.15 Å². The van der Waals surface area contributed by atoms with Gasteiger partial charge in [-0.05, 0) is 54.9 Å². The van der Waals surface area contributed by atoms with Crippen LogP contribution in [-0.4, -0.2) is 41.1 Å². The third-order valence-electron chi connectivity index (χ3n) is 4.78. The van der Waals surface area contributed by atoms with Gasteiger partial charge < -0.3 is 14.1 Å². The summed E-state index contributed by atoms with van der Waals surface area (Å²) < 4.78 is 10.8. The molecule has 1 unspecified atom stereocenters. The maximum atomic E-state index is 12.0. The monoisotopic (exact) mass is 411 g/mol. The van der Waals surface area contributed by atoms with Gasteiger partial charge in [0.2, 0.25) is 5.91 Å². The van der Waals surface area contributed by atoms with Crippen molar-refractivity contribution < 1.29 is 18.7 Å². The number of hydrogen-bond donors (Lipinski definition) is 1. The summed E-state index contributed by atoms with van der Waals surface area (Å²) in [5.41, 5.74) is 2.56. The zero-order valence-corrected chi connectivity index (χ0v) is 17.0. The maximum absolute atomic E-state index is 12.0. The van der Waals surface area contributed by atoms with Crippen LogP contribution in [0.4, 0.5) is 10.8 Å². The van der Waals surface area contributed by atoms with E-state index in [1.54, 1.807) is 6.92 Å². The zero-order chi connectivity index (χ0) is 20.4. The fraction of sp³-hybridized carbons (Fsp3) is 0.286. The molecule has 1 aromatic heterocycles. The third-order valence-corrected chi connectivity index (χ3v) is 5.85. The quantitative estimate of drug-likeness (QED) is 0.635. The van der Waals surface area contributed by atoms with Crippen LogP contribution < -0.4 is 15.0 Å². The van der Waals surface area contributed by atoms with E-state index in [1.165, 1.54) is 0 Å². The summed E-state index contributed by atoms with van der Waals surface area (Å²) in [7, 11) is 1.91. The zero-order valence-electron chi connectivity index (χ0n) is 16.2. The first kappa shape index (κ1) is 19.3. The van der Waals surface area contributed by atoms with Crippen molar-refractivity contribution in [3.63, 3.8) is 0 Å². The first-order valence-corrected chi connectivity index (χ1v) is 10.1. The Bertz CT molecular complexity index is 1020. The molecule has 4 rings (SSSR count). The largest absolute Gasteiger partial charge is 0.492 e. The lowest BCUT2D eigenvalue weighted by atomic mass is 9.99. The van der Waals surface area contributed by atoms with E-state index in [1.807, 2.05) is 60.5 Å². The molecule has 1 aliphatic heterocycles. The number of carbonyl (C=O) groups excluding carboxylic acids is 2. The lowest BCUT2D eigenvalue weighted by Crippen LogP contribution is -2.35. The highest BCUT2D eigenvalue weighted by Gasteiger charge is 2.43. The van der Waals surface area contributed by atoms with Crippen molar-refractivity contribution in [3.05, 3.63) is 54.1 Å². The van der Waals surface area contributed by atoms with Crippen molar-refractivity contribution in [2.75, 3.05) is 25.1 Å².